The van der Waals surface area contributed by atoms with E-state index in [1.807, 2.05) is 24.3 Å². The van der Waals surface area contributed by atoms with Gasteiger partial charge in [-0.3, -0.25) is 4.90 Å². The minimum atomic E-state index is 0.705. The van der Waals surface area contributed by atoms with Gasteiger partial charge in [0.2, 0.25) is 0 Å². The largest absolute Gasteiger partial charge is 0.492 e. The van der Waals surface area contributed by atoms with Crippen LogP contribution in [0.15, 0.2) is 24.3 Å². The van der Waals surface area contributed by atoms with Crippen molar-refractivity contribution < 1.29 is 4.74 Å². The summed E-state index contributed by atoms with van der Waals surface area (Å²) in [5.74, 6) is 0.851. The number of nitrogens with zero attached hydrogens (tertiary/aromatic N) is 2. The minimum Gasteiger partial charge on any atom is -0.492 e. The Morgan fingerprint density at radius 2 is 1.89 bits per heavy atom. The van der Waals surface area contributed by atoms with Crippen molar-refractivity contribution in [2.45, 2.75) is 13.3 Å². The average Bonchev–Trinajstić information content (AvgIpc) is 2.36. The molecule has 1 aromatic carbocycles. The third-order valence-corrected chi connectivity index (χ3v) is 2.94. The molecule has 108 valence electrons. The molecule has 4 heteroatoms. The summed E-state index contributed by atoms with van der Waals surface area (Å²) in [6.45, 7) is 7.16. The van der Waals surface area contributed by atoms with Crippen molar-refractivity contribution >= 4 is 5.69 Å². The first-order valence-electron chi connectivity index (χ1n) is 6.97. The molecule has 0 saturated heterocycles. The van der Waals surface area contributed by atoms with Crippen LogP contribution in [0.3, 0.4) is 0 Å². The number of likely N-dealkylation sites (N-methyl/N-ethyl adjacent to an activating group) is 1. The highest BCUT2D eigenvalue weighted by Gasteiger charge is 2.04. The molecule has 0 spiro atoms. The van der Waals surface area contributed by atoms with Gasteiger partial charge in [0.15, 0.2) is 0 Å². The predicted molar refractivity (Wildman–Crippen MR) is 81.6 cm³/mol. The van der Waals surface area contributed by atoms with Gasteiger partial charge in [-0.1, -0.05) is 13.0 Å². The molecule has 0 atom stereocenters. The molecule has 0 aliphatic heterocycles. The first kappa shape index (κ1) is 15.8. The Labute approximate surface area is 117 Å². The maximum absolute atomic E-state index is 5.74. The molecule has 0 heterocycles. The standard InChI is InChI=1S/C15H27N3O/c1-4-8-18(10-9-17(2)3)11-12-19-15-7-5-6-14(16)13-15/h5-7,13H,4,8-12,16H2,1-3H3. The van der Waals surface area contributed by atoms with Crippen LogP contribution in [-0.2, 0) is 0 Å². The van der Waals surface area contributed by atoms with Gasteiger partial charge in [-0.15, -0.1) is 0 Å². The Balaban J connectivity index is 2.31. The van der Waals surface area contributed by atoms with Crippen LogP contribution in [0.25, 0.3) is 0 Å². The Bertz CT molecular complexity index is 355. The summed E-state index contributed by atoms with van der Waals surface area (Å²) in [6.07, 6.45) is 1.17. The van der Waals surface area contributed by atoms with Gasteiger partial charge in [0.25, 0.3) is 0 Å². The lowest BCUT2D eigenvalue weighted by atomic mass is 10.3. The van der Waals surface area contributed by atoms with Crippen LogP contribution in [0.1, 0.15) is 13.3 Å². The lowest BCUT2D eigenvalue weighted by Crippen LogP contribution is -2.35. The van der Waals surface area contributed by atoms with Gasteiger partial charge in [0, 0.05) is 31.4 Å². The zero-order valence-corrected chi connectivity index (χ0v) is 12.4. The molecule has 0 bridgehead atoms. The fourth-order valence-corrected chi connectivity index (χ4v) is 1.89. The highest BCUT2D eigenvalue weighted by Crippen LogP contribution is 2.14. The molecule has 0 aliphatic carbocycles. The van der Waals surface area contributed by atoms with Crippen molar-refractivity contribution in [2.75, 3.05) is 52.6 Å². The summed E-state index contributed by atoms with van der Waals surface area (Å²) in [5.41, 5.74) is 6.47. The van der Waals surface area contributed by atoms with Crippen LogP contribution in [0, 0.1) is 0 Å². The van der Waals surface area contributed by atoms with E-state index in [1.165, 1.54) is 6.42 Å². The smallest absolute Gasteiger partial charge is 0.121 e. The van der Waals surface area contributed by atoms with Crippen LogP contribution in [0.2, 0.25) is 0 Å². The summed E-state index contributed by atoms with van der Waals surface area (Å²) in [6, 6.07) is 7.60. The van der Waals surface area contributed by atoms with Crippen molar-refractivity contribution in [3.63, 3.8) is 0 Å². The van der Waals surface area contributed by atoms with E-state index in [0.717, 1.165) is 37.6 Å². The molecule has 2 N–H and O–H groups in total. The van der Waals surface area contributed by atoms with E-state index in [2.05, 4.69) is 30.8 Å². The topological polar surface area (TPSA) is 41.7 Å². The van der Waals surface area contributed by atoms with Gasteiger partial charge >= 0.3 is 0 Å². The van der Waals surface area contributed by atoms with Crippen molar-refractivity contribution in [2.24, 2.45) is 0 Å². The number of benzene rings is 1. The second kappa shape index (κ2) is 8.77. The van der Waals surface area contributed by atoms with Gasteiger partial charge in [-0.25, -0.2) is 0 Å². The Hall–Kier alpha value is -1.26. The molecular weight excluding hydrogens is 238 g/mol. The summed E-state index contributed by atoms with van der Waals surface area (Å²) >= 11 is 0. The van der Waals surface area contributed by atoms with E-state index < -0.39 is 0 Å². The summed E-state index contributed by atoms with van der Waals surface area (Å²) in [7, 11) is 4.21. The highest BCUT2D eigenvalue weighted by atomic mass is 16.5. The Kier molecular flexibility index (Phi) is 7.30. The molecule has 19 heavy (non-hydrogen) atoms. The maximum Gasteiger partial charge on any atom is 0.121 e. The van der Waals surface area contributed by atoms with Gasteiger partial charge in [0.1, 0.15) is 12.4 Å². The van der Waals surface area contributed by atoms with E-state index in [0.29, 0.717) is 6.61 Å². The number of hydrogen-bond acceptors (Lipinski definition) is 4. The number of nitrogen functional groups attached to an aromatic ring is 1. The predicted octanol–water partition coefficient (Wildman–Crippen LogP) is 1.92. The second-order valence-corrected chi connectivity index (χ2v) is 5.07. The fourth-order valence-electron chi connectivity index (χ4n) is 1.89. The van der Waals surface area contributed by atoms with E-state index in [1.54, 1.807) is 0 Å². The lowest BCUT2D eigenvalue weighted by molar-refractivity contribution is 0.194. The maximum atomic E-state index is 5.74. The fraction of sp³-hybridized carbons (Fsp3) is 0.600. The third-order valence-electron chi connectivity index (χ3n) is 2.94. The number of hydrogen-bond donors (Lipinski definition) is 1. The lowest BCUT2D eigenvalue weighted by Gasteiger charge is -2.23. The Morgan fingerprint density at radius 1 is 1.11 bits per heavy atom. The summed E-state index contributed by atoms with van der Waals surface area (Å²) < 4.78 is 5.74. The molecule has 1 rings (SSSR count). The minimum absolute atomic E-state index is 0.705. The zero-order valence-electron chi connectivity index (χ0n) is 12.4. The molecule has 0 amide bonds. The Morgan fingerprint density at radius 3 is 2.53 bits per heavy atom. The van der Waals surface area contributed by atoms with Gasteiger partial charge in [0.05, 0.1) is 0 Å². The van der Waals surface area contributed by atoms with Crippen molar-refractivity contribution in [1.29, 1.82) is 0 Å². The average molecular weight is 265 g/mol. The molecule has 4 nitrogen and oxygen atoms in total. The molecular formula is C15H27N3O. The molecule has 0 fully saturated rings. The highest BCUT2D eigenvalue weighted by molar-refractivity contribution is 5.43. The van der Waals surface area contributed by atoms with Crippen LogP contribution in [0.5, 0.6) is 5.75 Å². The normalized spacial score (nSPS) is 11.2. The molecule has 0 unspecified atom stereocenters. The molecule has 1 aromatic rings. The summed E-state index contributed by atoms with van der Waals surface area (Å²) in [5, 5.41) is 0. The first-order chi connectivity index (χ1) is 9.11. The van der Waals surface area contributed by atoms with E-state index >= 15 is 0 Å². The number of ether oxygens (including phenoxy) is 1. The van der Waals surface area contributed by atoms with Crippen LogP contribution >= 0.6 is 0 Å². The van der Waals surface area contributed by atoms with E-state index in [-0.39, 0.29) is 0 Å². The van der Waals surface area contributed by atoms with Crippen LogP contribution < -0.4 is 10.5 Å². The second-order valence-electron chi connectivity index (χ2n) is 5.07. The van der Waals surface area contributed by atoms with Gasteiger partial charge in [-0.05, 0) is 39.2 Å². The monoisotopic (exact) mass is 265 g/mol. The molecule has 0 aliphatic rings. The van der Waals surface area contributed by atoms with E-state index in [4.69, 9.17) is 10.5 Å². The van der Waals surface area contributed by atoms with Crippen molar-refractivity contribution in [1.82, 2.24) is 9.80 Å². The molecule has 0 saturated carbocycles. The van der Waals surface area contributed by atoms with Gasteiger partial charge < -0.3 is 15.4 Å². The number of rotatable bonds is 9. The van der Waals surface area contributed by atoms with Crippen LogP contribution in [0.4, 0.5) is 5.69 Å². The zero-order chi connectivity index (χ0) is 14.1. The molecule has 0 aromatic heterocycles. The first-order valence-corrected chi connectivity index (χ1v) is 6.97. The number of nitrogens with two attached hydrogens (primary N) is 1. The van der Waals surface area contributed by atoms with Gasteiger partial charge in [-0.2, -0.15) is 0 Å². The van der Waals surface area contributed by atoms with Crippen LogP contribution in [-0.4, -0.2) is 56.7 Å². The van der Waals surface area contributed by atoms with E-state index in [9.17, 15) is 0 Å². The summed E-state index contributed by atoms with van der Waals surface area (Å²) in [4.78, 5) is 4.65. The van der Waals surface area contributed by atoms with Crippen molar-refractivity contribution in [3.8, 4) is 5.75 Å². The third kappa shape index (κ3) is 7.03. The quantitative estimate of drug-likeness (QED) is 0.693. The van der Waals surface area contributed by atoms with Crippen molar-refractivity contribution in [3.05, 3.63) is 24.3 Å². The SMILES string of the molecule is CCCN(CCOc1cccc(N)c1)CCN(C)C. The number of anilines is 1. The molecule has 0 radical (unpaired) electrons.